The van der Waals surface area contributed by atoms with Crippen LogP contribution in [0, 0.1) is 6.92 Å². The molecule has 4 rings (SSSR count). The van der Waals surface area contributed by atoms with E-state index in [1.807, 2.05) is 66.9 Å². The maximum absolute atomic E-state index is 12.2. The first-order valence-electron chi connectivity index (χ1n) is 8.65. The molecule has 0 unspecified atom stereocenters. The van der Waals surface area contributed by atoms with Crippen molar-refractivity contribution in [2.45, 2.75) is 6.92 Å². The Morgan fingerprint density at radius 2 is 2.04 bits per heavy atom. The van der Waals surface area contributed by atoms with Gasteiger partial charge in [-0.2, -0.15) is 4.98 Å². The van der Waals surface area contributed by atoms with E-state index in [0.29, 0.717) is 23.0 Å². The van der Waals surface area contributed by atoms with Crippen LogP contribution >= 0.6 is 11.3 Å². The number of aromatic nitrogens is 2. The van der Waals surface area contributed by atoms with Crippen molar-refractivity contribution >= 4 is 22.9 Å². The van der Waals surface area contributed by atoms with E-state index in [2.05, 4.69) is 15.5 Å². The molecule has 0 aliphatic rings. The van der Waals surface area contributed by atoms with E-state index in [9.17, 15) is 4.79 Å². The molecule has 0 radical (unpaired) electrons. The van der Waals surface area contributed by atoms with Gasteiger partial charge in [-0.3, -0.25) is 4.79 Å². The van der Waals surface area contributed by atoms with E-state index in [1.165, 1.54) is 11.3 Å². The third-order valence-corrected chi connectivity index (χ3v) is 4.80. The van der Waals surface area contributed by atoms with Crippen molar-refractivity contribution in [2.24, 2.45) is 0 Å². The Kier molecular flexibility index (Phi) is 5.16. The first-order chi connectivity index (χ1) is 13.7. The van der Waals surface area contributed by atoms with Crippen LogP contribution in [0.15, 0.2) is 70.6 Å². The first-order valence-corrected chi connectivity index (χ1v) is 9.53. The van der Waals surface area contributed by atoms with Gasteiger partial charge in [-0.1, -0.05) is 35.5 Å². The van der Waals surface area contributed by atoms with Crippen molar-refractivity contribution in [3.8, 4) is 27.9 Å². The highest BCUT2D eigenvalue weighted by Gasteiger charge is 2.15. The summed E-state index contributed by atoms with van der Waals surface area (Å²) in [6.45, 7) is 1.85. The number of carbonyl (C=O) groups is 1. The summed E-state index contributed by atoms with van der Waals surface area (Å²) in [5.74, 6) is 1.14. The molecule has 0 bridgehead atoms. The molecule has 0 saturated heterocycles. The molecule has 1 N–H and O–H groups in total. The average molecular weight is 391 g/mol. The van der Waals surface area contributed by atoms with Gasteiger partial charge in [0.2, 0.25) is 5.82 Å². The summed E-state index contributed by atoms with van der Waals surface area (Å²) in [6, 6.07) is 18.7. The number of ether oxygens (including phenoxy) is 1. The standard InChI is InChI=1S/C21H17N3O3S/c1-14-6-4-7-15(12-14)22-19(25)13-26-17-9-3-2-8-16(17)20-23-21(27-24-20)18-10-5-11-28-18/h2-12H,13H2,1H3,(H,22,25). The number of aryl methyl sites for hydroxylation is 1. The maximum Gasteiger partial charge on any atom is 0.268 e. The number of anilines is 1. The first kappa shape index (κ1) is 17.9. The van der Waals surface area contributed by atoms with Crippen molar-refractivity contribution < 1.29 is 14.1 Å². The molecule has 2 aromatic carbocycles. The van der Waals surface area contributed by atoms with Crippen LogP contribution in [0.1, 0.15) is 5.56 Å². The van der Waals surface area contributed by atoms with E-state index in [-0.39, 0.29) is 12.5 Å². The van der Waals surface area contributed by atoms with Gasteiger partial charge in [-0.05, 0) is 48.2 Å². The molecule has 0 aliphatic carbocycles. The van der Waals surface area contributed by atoms with E-state index in [1.54, 1.807) is 6.07 Å². The number of carbonyl (C=O) groups excluding carboxylic acids is 1. The number of hydrogen-bond donors (Lipinski definition) is 1. The van der Waals surface area contributed by atoms with Gasteiger partial charge in [0, 0.05) is 5.69 Å². The summed E-state index contributed by atoms with van der Waals surface area (Å²) in [5.41, 5.74) is 2.47. The second-order valence-corrected chi connectivity index (χ2v) is 7.05. The quantitative estimate of drug-likeness (QED) is 0.511. The zero-order valence-corrected chi connectivity index (χ0v) is 15.9. The van der Waals surface area contributed by atoms with Crippen molar-refractivity contribution in [2.75, 3.05) is 11.9 Å². The molecule has 7 heteroatoms. The number of benzene rings is 2. The van der Waals surface area contributed by atoms with Gasteiger partial charge in [0.1, 0.15) is 5.75 Å². The molecule has 0 saturated carbocycles. The van der Waals surface area contributed by atoms with Crippen LogP contribution in [0.25, 0.3) is 22.2 Å². The predicted octanol–water partition coefficient (Wildman–Crippen LogP) is 4.79. The number of amides is 1. The Bertz CT molecular complexity index is 1090. The summed E-state index contributed by atoms with van der Waals surface area (Å²) in [7, 11) is 0. The van der Waals surface area contributed by atoms with Crippen LogP contribution in [0.2, 0.25) is 0 Å². The molecule has 1 amide bonds. The Balaban J connectivity index is 1.47. The van der Waals surface area contributed by atoms with E-state index < -0.39 is 0 Å². The molecule has 2 aromatic heterocycles. The molecular formula is C21H17N3O3S. The predicted molar refractivity (Wildman–Crippen MR) is 108 cm³/mol. The largest absolute Gasteiger partial charge is 0.483 e. The number of hydrogen-bond acceptors (Lipinski definition) is 6. The van der Waals surface area contributed by atoms with E-state index >= 15 is 0 Å². The van der Waals surface area contributed by atoms with Gasteiger partial charge in [0.15, 0.2) is 6.61 Å². The van der Waals surface area contributed by atoms with E-state index in [4.69, 9.17) is 9.26 Å². The van der Waals surface area contributed by atoms with Crippen molar-refractivity contribution in [3.05, 3.63) is 71.6 Å². The Labute approximate surface area is 165 Å². The number of nitrogens with zero attached hydrogens (tertiary/aromatic N) is 2. The van der Waals surface area contributed by atoms with Gasteiger partial charge in [-0.15, -0.1) is 11.3 Å². The summed E-state index contributed by atoms with van der Waals surface area (Å²) in [5, 5.41) is 8.82. The minimum Gasteiger partial charge on any atom is -0.483 e. The molecule has 28 heavy (non-hydrogen) atoms. The molecule has 0 aliphatic heterocycles. The minimum absolute atomic E-state index is 0.124. The van der Waals surface area contributed by atoms with Crippen molar-refractivity contribution in [3.63, 3.8) is 0 Å². The lowest BCUT2D eigenvalue weighted by Crippen LogP contribution is -2.20. The van der Waals surface area contributed by atoms with Crippen LogP contribution in [0.5, 0.6) is 5.75 Å². The lowest BCUT2D eigenvalue weighted by Gasteiger charge is -2.10. The SMILES string of the molecule is Cc1cccc(NC(=O)COc2ccccc2-c2noc(-c3cccs3)n2)c1. The molecule has 0 fully saturated rings. The zero-order chi connectivity index (χ0) is 19.3. The van der Waals surface area contributed by atoms with Crippen LogP contribution in [0.3, 0.4) is 0 Å². The highest BCUT2D eigenvalue weighted by molar-refractivity contribution is 7.13. The number of para-hydroxylation sites is 1. The summed E-state index contributed by atoms with van der Waals surface area (Å²) in [6.07, 6.45) is 0. The molecule has 0 spiro atoms. The van der Waals surface area contributed by atoms with Gasteiger partial charge in [0.05, 0.1) is 10.4 Å². The molecule has 4 aromatic rings. The number of rotatable bonds is 6. The van der Waals surface area contributed by atoms with Gasteiger partial charge in [0.25, 0.3) is 11.8 Å². The molecule has 140 valence electrons. The molecule has 6 nitrogen and oxygen atoms in total. The van der Waals surface area contributed by atoms with Crippen molar-refractivity contribution in [1.82, 2.24) is 10.1 Å². The fraction of sp³-hybridized carbons (Fsp3) is 0.0952. The Morgan fingerprint density at radius 1 is 1.14 bits per heavy atom. The fourth-order valence-electron chi connectivity index (χ4n) is 2.67. The lowest BCUT2D eigenvalue weighted by atomic mass is 10.2. The third kappa shape index (κ3) is 4.10. The maximum atomic E-state index is 12.2. The van der Waals surface area contributed by atoms with Gasteiger partial charge >= 0.3 is 0 Å². The van der Waals surface area contributed by atoms with Crippen LogP contribution < -0.4 is 10.1 Å². The fourth-order valence-corrected chi connectivity index (χ4v) is 3.32. The van der Waals surface area contributed by atoms with Crippen LogP contribution in [0.4, 0.5) is 5.69 Å². The van der Waals surface area contributed by atoms with E-state index in [0.717, 1.165) is 16.1 Å². The Hall–Kier alpha value is -3.45. The topological polar surface area (TPSA) is 77.2 Å². The number of nitrogens with one attached hydrogen (secondary N) is 1. The summed E-state index contributed by atoms with van der Waals surface area (Å²) >= 11 is 1.52. The average Bonchev–Trinajstić information content (AvgIpc) is 3.38. The smallest absolute Gasteiger partial charge is 0.268 e. The normalized spacial score (nSPS) is 10.6. The molecular weight excluding hydrogens is 374 g/mol. The van der Waals surface area contributed by atoms with Crippen molar-refractivity contribution in [1.29, 1.82) is 0 Å². The van der Waals surface area contributed by atoms with Crippen LogP contribution in [-0.4, -0.2) is 22.7 Å². The van der Waals surface area contributed by atoms with Gasteiger partial charge < -0.3 is 14.6 Å². The molecule has 0 atom stereocenters. The lowest BCUT2D eigenvalue weighted by molar-refractivity contribution is -0.118. The highest BCUT2D eigenvalue weighted by Crippen LogP contribution is 2.30. The monoisotopic (exact) mass is 391 g/mol. The summed E-state index contributed by atoms with van der Waals surface area (Å²) in [4.78, 5) is 17.6. The zero-order valence-electron chi connectivity index (χ0n) is 15.1. The number of thiophene rings is 1. The van der Waals surface area contributed by atoms with Crippen LogP contribution in [-0.2, 0) is 4.79 Å². The second-order valence-electron chi connectivity index (χ2n) is 6.10. The minimum atomic E-state index is -0.243. The summed E-state index contributed by atoms with van der Waals surface area (Å²) < 4.78 is 11.1. The molecule has 2 heterocycles. The highest BCUT2D eigenvalue weighted by atomic mass is 32.1. The van der Waals surface area contributed by atoms with Gasteiger partial charge in [-0.25, -0.2) is 0 Å². The second kappa shape index (κ2) is 8.06. The third-order valence-electron chi connectivity index (χ3n) is 3.95. The Morgan fingerprint density at radius 3 is 2.86 bits per heavy atom.